The largest absolute Gasteiger partial charge is 0.497 e. The van der Waals surface area contributed by atoms with Crippen molar-refractivity contribution < 1.29 is 9.84 Å². The Morgan fingerprint density at radius 2 is 2.00 bits per heavy atom. The summed E-state index contributed by atoms with van der Waals surface area (Å²) in [6.07, 6.45) is 1.69. The van der Waals surface area contributed by atoms with Gasteiger partial charge in [-0.25, -0.2) is 9.67 Å². The van der Waals surface area contributed by atoms with E-state index in [0.29, 0.717) is 17.1 Å². The lowest BCUT2D eigenvalue weighted by Gasteiger charge is -2.08. The van der Waals surface area contributed by atoms with E-state index < -0.39 is 0 Å². The molecule has 0 fully saturated rings. The predicted molar refractivity (Wildman–Crippen MR) is 85.3 cm³/mol. The molecule has 6 heteroatoms. The van der Waals surface area contributed by atoms with Crippen molar-refractivity contribution in [3.8, 4) is 5.75 Å². The first-order valence-electron chi connectivity index (χ1n) is 6.88. The van der Waals surface area contributed by atoms with Gasteiger partial charge in [-0.1, -0.05) is 23.7 Å². The van der Waals surface area contributed by atoms with Gasteiger partial charge in [-0.2, -0.15) is 5.10 Å². The van der Waals surface area contributed by atoms with Crippen molar-refractivity contribution in [3.05, 3.63) is 52.3 Å². The fourth-order valence-corrected chi connectivity index (χ4v) is 2.73. The summed E-state index contributed by atoms with van der Waals surface area (Å²) in [6.45, 7) is 2.30. The van der Waals surface area contributed by atoms with Crippen LogP contribution in [0, 0.1) is 6.92 Å². The topological polar surface area (TPSA) is 60.2 Å². The second-order valence-corrected chi connectivity index (χ2v) is 5.41. The van der Waals surface area contributed by atoms with Crippen molar-refractivity contribution in [1.29, 1.82) is 0 Å². The SMILES string of the molecule is COc1ccc(Cn2ncc3c(Cl)c(CO)c(C)nc32)cc1. The van der Waals surface area contributed by atoms with Crippen molar-refractivity contribution in [2.24, 2.45) is 0 Å². The summed E-state index contributed by atoms with van der Waals surface area (Å²) < 4.78 is 6.96. The molecule has 1 aromatic carbocycles. The van der Waals surface area contributed by atoms with Gasteiger partial charge in [0.1, 0.15) is 5.75 Å². The van der Waals surface area contributed by atoms with Gasteiger partial charge in [-0.15, -0.1) is 0 Å². The van der Waals surface area contributed by atoms with E-state index in [1.54, 1.807) is 18.0 Å². The number of hydrogen-bond acceptors (Lipinski definition) is 4. The molecule has 0 aliphatic heterocycles. The number of pyridine rings is 1. The third-order valence-electron chi connectivity index (χ3n) is 3.67. The van der Waals surface area contributed by atoms with Crippen LogP contribution in [0.3, 0.4) is 0 Å². The Balaban J connectivity index is 2.00. The highest BCUT2D eigenvalue weighted by molar-refractivity contribution is 6.36. The van der Waals surface area contributed by atoms with Gasteiger partial charge in [0.25, 0.3) is 0 Å². The summed E-state index contributed by atoms with van der Waals surface area (Å²) in [5, 5.41) is 15.0. The molecular weight excluding hydrogens is 302 g/mol. The van der Waals surface area contributed by atoms with Crippen LogP contribution < -0.4 is 4.74 Å². The fraction of sp³-hybridized carbons (Fsp3) is 0.250. The quantitative estimate of drug-likeness (QED) is 0.803. The smallest absolute Gasteiger partial charge is 0.159 e. The molecule has 114 valence electrons. The lowest BCUT2D eigenvalue weighted by atomic mass is 10.2. The number of aryl methyl sites for hydroxylation is 1. The molecule has 0 bridgehead atoms. The zero-order chi connectivity index (χ0) is 15.7. The minimum atomic E-state index is -0.128. The molecule has 0 radical (unpaired) electrons. The number of hydrogen-bond donors (Lipinski definition) is 1. The average Bonchev–Trinajstić information content (AvgIpc) is 2.91. The zero-order valence-corrected chi connectivity index (χ0v) is 13.1. The van der Waals surface area contributed by atoms with E-state index in [2.05, 4.69) is 10.1 Å². The molecular formula is C16H16ClN3O2. The van der Waals surface area contributed by atoms with E-state index in [0.717, 1.165) is 28.0 Å². The average molecular weight is 318 g/mol. The monoisotopic (exact) mass is 317 g/mol. The van der Waals surface area contributed by atoms with E-state index in [1.165, 1.54) is 0 Å². The maximum Gasteiger partial charge on any atom is 0.159 e. The zero-order valence-electron chi connectivity index (χ0n) is 12.4. The Kier molecular flexibility index (Phi) is 4.00. The van der Waals surface area contributed by atoms with Gasteiger partial charge in [-0.05, 0) is 24.6 Å². The number of halogens is 1. The number of fused-ring (bicyclic) bond motifs is 1. The Morgan fingerprint density at radius 3 is 2.64 bits per heavy atom. The molecule has 2 aromatic heterocycles. The molecule has 0 aliphatic carbocycles. The summed E-state index contributed by atoms with van der Waals surface area (Å²) >= 11 is 6.33. The summed E-state index contributed by atoms with van der Waals surface area (Å²) in [5.74, 6) is 0.818. The van der Waals surface area contributed by atoms with Crippen LogP contribution in [0.15, 0.2) is 30.5 Å². The van der Waals surface area contributed by atoms with Gasteiger partial charge in [0.15, 0.2) is 5.65 Å². The first-order chi connectivity index (χ1) is 10.6. The Morgan fingerprint density at radius 1 is 1.27 bits per heavy atom. The lowest BCUT2D eigenvalue weighted by Crippen LogP contribution is -2.04. The van der Waals surface area contributed by atoms with Crippen molar-refractivity contribution in [2.75, 3.05) is 7.11 Å². The van der Waals surface area contributed by atoms with E-state index >= 15 is 0 Å². The molecule has 0 saturated heterocycles. The molecule has 22 heavy (non-hydrogen) atoms. The first-order valence-corrected chi connectivity index (χ1v) is 7.26. The normalized spacial score (nSPS) is 11.1. The standard InChI is InChI=1S/C16H16ClN3O2/c1-10-14(9-21)15(17)13-7-18-20(16(13)19-10)8-11-3-5-12(22-2)6-4-11/h3-7,21H,8-9H2,1-2H3. The van der Waals surface area contributed by atoms with Crippen LogP contribution in [0.4, 0.5) is 0 Å². The van der Waals surface area contributed by atoms with Crippen molar-refractivity contribution in [3.63, 3.8) is 0 Å². The molecule has 0 atom stereocenters. The van der Waals surface area contributed by atoms with E-state index in [4.69, 9.17) is 16.3 Å². The maximum absolute atomic E-state index is 9.39. The summed E-state index contributed by atoms with van der Waals surface area (Å²) in [7, 11) is 1.64. The summed E-state index contributed by atoms with van der Waals surface area (Å²) in [5.41, 5.74) is 3.18. The van der Waals surface area contributed by atoms with Crippen LogP contribution in [0.25, 0.3) is 11.0 Å². The number of nitrogens with zero attached hydrogens (tertiary/aromatic N) is 3. The van der Waals surface area contributed by atoms with Gasteiger partial charge < -0.3 is 9.84 Å². The molecule has 0 saturated carbocycles. The number of rotatable bonds is 4. The summed E-state index contributed by atoms with van der Waals surface area (Å²) in [4.78, 5) is 4.53. The van der Waals surface area contributed by atoms with Crippen LogP contribution in [-0.4, -0.2) is 27.0 Å². The first kappa shape index (κ1) is 14.8. The molecule has 1 N–H and O–H groups in total. The molecule has 0 spiro atoms. The molecule has 2 heterocycles. The van der Waals surface area contributed by atoms with E-state index in [9.17, 15) is 5.11 Å². The van der Waals surface area contributed by atoms with Crippen LogP contribution in [0.5, 0.6) is 5.75 Å². The van der Waals surface area contributed by atoms with Crippen LogP contribution >= 0.6 is 11.6 Å². The van der Waals surface area contributed by atoms with Gasteiger partial charge in [0.2, 0.25) is 0 Å². The van der Waals surface area contributed by atoms with Crippen molar-refractivity contribution in [2.45, 2.75) is 20.1 Å². The predicted octanol–water partition coefficient (Wildman–Crippen LogP) is 2.94. The Hall–Kier alpha value is -2.11. The van der Waals surface area contributed by atoms with Gasteiger partial charge >= 0.3 is 0 Å². The molecule has 5 nitrogen and oxygen atoms in total. The highest BCUT2D eigenvalue weighted by Crippen LogP contribution is 2.28. The number of ether oxygens (including phenoxy) is 1. The van der Waals surface area contributed by atoms with Crippen LogP contribution in [0.2, 0.25) is 5.02 Å². The van der Waals surface area contributed by atoms with Gasteiger partial charge in [0, 0.05) is 11.3 Å². The third kappa shape index (κ3) is 2.53. The molecule has 0 unspecified atom stereocenters. The molecule has 0 aliphatic rings. The second-order valence-electron chi connectivity index (χ2n) is 5.04. The number of methoxy groups -OCH3 is 1. The van der Waals surface area contributed by atoms with Gasteiger partial charge in [-0.3, -0.25) is 0 Å². The molecule has 3 aromatic rings. The van der Waals surface area contributed by atoms with E-state index in [-0.39, 0.29) is 6.61 Å². The third-order valence-corrected chi connectivity index (χ3v) is 4.10. The lowest BCUT2D eigenvalue weighted by molar-refractivity contribution is 0.281. The second kappa shape index (κ2) is 5.94. The molecule has 0 amide bonds. The van der Waals surface area contributed by atoms with Gasteiger partial charge in [0.05, 0.1) is 36.9 Å². The Labute approximate surface area is 133 Å². The summed E-state index contributed by atoms with van der Waals surface area (Å²) in [6, 6.07) is 7.80. The minimum Gasteiger partial charge on any atom is -0.497 e. The number of aliphatic hydroxyl groups is 1. The van der Waals surface area contributed by atoms with Crippen LogP contribution in [-0.2, 0) is 13.2 Å². The number of benzene rings is 1. The number of aromatic nitrogens is 3. The van der Waals surface area contributed by atoms with Crippen molar-refractivity contribution >= 4 is 22.6 Å². The molecule has 3 rings (SSSR count). The highest BCUT2D eigenvalue weighted by Gasteiger charge is 2.14. The van der Waals surface area contributed by atoms with Crippen LogP contribution in [0.1, 0.15) is 16.8 Å². The Bertz CT molecular complexity index is 812. The number of aliphatic hydroxyl groups excluding tert-OH is 1. The minimum absolute atomic E-state index is 0.128. The fourth-order valence-electron chi connectivity index (χ4n) is 2.40. The highest BCUT2D eigenvalue weighted by atomic mass is 35.5. The maximum atomic E-state index is 9.39. The van der Waals surface area contributed by atoms with E-state index in [1.807, 2.05) is 31.2 Å². The van der Waals surface area contributed by atoms with Crippen molar-refractivity contribution in [1.82, 2.24) is 14.8 Å².